The number of hydrogen-bond donors (Lipinski definition) is 1. The van der Waals surface area contributed by atoms with Crippen LogP contribution in [0.15, 0.2) is 0 Å². The van der Waals surface area contributed by atoms with Crippen molar-refractivity contribution in [2.24, 2.45) is 0 Å². The summed E-state index contributed by atoms with van der Waals surface area (Å²) in [6.45, 7) is 0.576. The van der Waals surface area contributed by atoms with Crippen molar-refractivity contribution >= 4 is 5.97 Å². The fourth-order valence-corrected chi connectivity index (χ4v) is 2.31. The Labute approximate surface area is 104 Å². The van der Waals surface area contributed by atoms with E-state index in [1.165, 1.54) is 4.90 Å². The fraction of sp³-hybridized carbons (Fsp3) is 0.909. The molecule has 1 saturated heterocycles. The molecule has 0 spiro atoms. The highest BCUT2D eigenvalue weighted by Gasteiger charge is 2.45. The second kappa shape index (κ2) is 5.88. The van der Waals surface area contributed by atoms with Crippen LogP contribution in [0.2, 0.25) is 0 Å². The van der Waals surface area contributed by atoms with Crippen LogP contribution in [0.25, 0.3) is 0 Å². The Balaban J connectivity index is 2.75. The molecular formula is C11H19F3N2O2. The zero-order valence-corrected chi connectivity index (χ0v) is 10.6. The van der Waals surface area contributed by atoms with E-state index in [9.17, 15) is 18.0 Å². The van der Waals surface area contributed by atoms with Gasteiger partial charge in [0.15, 0.2) is 0 Å². The summed E-state index contributed by atoms with van der Waals surface area (Å²) in [5.74, 6) is -1.41. The third-order valence-electron chi connectivity index (χ3n) is 3.34. The molecule has 0 aliphatic carbocycles. The first-order valence-corrected chi connectivity index (χ1v) is 5.90. The molecule has 0 amide bonds. The van der Waals surface area contributed by atoms with Crippen LogP contribution < -0.4 is 0 Å². The third-order valence-corrected chi connectivity index (χ3v) is 3.34. The maximum atomic E-state index is 12.9. The first-order chi connectivity index (χ1) is 8.21. The van der Waals surface area contributed by atoms with E-state index in [-0.39, 0.29) is 12.6 Å². The van der Waals surface area contributed by atoms with Crippen molar-refractivity contribution in [1.82, 2.24) is 9.80 Å². The van der Waals surface area contributed by atoms with Gasteiger partial charge in [0, 0.05) is 12.6 Å². The molecule has 1 aliphatic rings. The largest absolute Gasteiger partial charge is 0.481 e. The standard InChI is InChI=1S/C11H19F3N2O2/c1-15(2)8-4-3-5-16(7-8)9(6-10(17)18)11(12,13)14/h8-9H,3-7H2,1-2H3,(H,17,18). The van der Waals surface area contributed by atoms with E-state index in [0.717, 1.165) is 6.42 Å². The highest BCUT2D eigenvalue weighted by atomic mass is 19.4. The summed E-state index contributed by atoms with van der Waals surface area (Å²) >= 11 is 0. The van der Waals surface area contributed by atoms with E-state index < -0.39 is 24.6 Å². The van der Waals surface area contributed by atoms with Crippen molar-refractivity contribution < 1.29 is 23.1 Å². The highest BCUT2D eigenvalue weighted by Crippen LogP contribution is 2.30. The molecule has 18 heavy (non-hydrogen) atoms. The highest BCUT2D eigenvalue weighted by molar-refractivity contribution is 5.67. The normalized spacial score (nSPS) is 24.2. The summed E-state index contributed by atoms with van der Waals surface area (Å²) in [6, 6.07) is -1.82. The molecular weight excluding hydrogens is 249 g/mol. The number of piperidine rings is 1. The maximum Gasteiger partial charge on any atom is 0.404 e. The van der Waals surface area contributed by atoms with Crippen LogP contribution >= 0.6 is 0 Å². The van der Waals surface area contributed by atoms with Gasteiger partial charge in [-0.25, -0.2) is 0 Å². The number of rotatable bonds is 4. The quantitative estimate of drug-likeness (QED) is 0.837. The lowest BCUT2D eigenvalue weighted by molar-refractivity contribution is -0.194. The summed E-state index contributed by atoms with van der Waals surface area (Å²) in [4.78, 5) is 13.7. The molecule has 2 unspecified atom stereocenters. The van der Waals surface area contributed by atoms with Gasteiger partial charge in [0.05, 0.1) is 6.42 Å². The molecule has 0 bridgehead atoms. The number of alkyl halides is 3. The Hall–Kier alpha value is -0.820. The van der Waals surface area contributed by atoms with E-state index in [1.54, 1.807) is 0 Å². The number of hydrogen-bond acceptors (Lipinski definition) is 3. The van der Waals surface area contributed by atoms with E-state index in [4.69, 9.17) is 5.11 Å². The van der Waals surface area contributed by atoms with Crippen molar-refractivity contribution in [3.05, 3.63) is 0 Å². The molecule has 4 nitrogen and oxygen atoms in total. The molecule has 0 aromatic heterocycles. The van der Waals surface area contributed by atoms with Gasteiger partial charge in [-0.2, -0.15) is 13.2 Å². The molecule has 2 atom stereocenters. The lowest BCUT2D eigenvalue weighted by Gasteiger charge is -2.40. The summed E-state index contributed by atoms with van der Waals surface area (Å²) in [5.41, 5.74) is 0. The minimum Gasteiger partial charge on any atom is -0.481 e. The minimum absolute atomic E-state index is 0.0531. The lowest BCUT2D eigenvalue weighted by atomic mass is 10.0. The van der Waals surface area contributed by atoms with Crippen molar-refractivity contribution in [2.75, 3.05) is 27.2 Å². The van der Waals surface area contributed by atoms with Crippen molar-refractivity contribution in [3.8, 4) is 0 Å². The Morgan fingerprint density at radius 2 is 2.11 bits per heavy atom. The second-order valence-electron chi connectivity index (χ2n) is 4.91. The molecule has 7 heteroatoms. The number of aliphatic carboxylic acids is 1. The number of likely N-dealkylation sites (tertiary alicyclic amines) is 1. The monoisotopic (exact) mass is 268 g/mol. The maximum absolute atomic E-state index is 12.9. The van der Waals surface area contributed by atoms with Crippen molar-refractivity contribution in [1.29, 1.82) is 0 Å². The van der Waals surface area contributed by atoms with Crippen molar-refractivity contribution in [2.45, 2.75) is 37.5 Å². The Morgan fingerprint density at radius 3 is 2.56 bits per heavy atom. The Bertz CT molecular complexity index is 295. The number of halogens is 3. The molecule has 1 N–H and O–H groups in total. The number of carbonyl (C=O) groups is 1. The van der Waals surface area contributed by atoms with E-state index >= 15 is 0 Å². The molecule has 106 valence electrons. The SMILES string of the molecule is CN(C)C1CCCN(C(CC(=O)O)C(F)(F)F)C1. The third kappa shape index (κ3) is 4.13. The zero-order chi connectivity index (χ0) is 13.9. The van der Waals surface area contributed by atoms with Gasteiger partial charge in [-0.1, -0.05) is 0 Å². The molecule has 0 aromatic carbocycles. The van der Waals surface area contributed by atoms with Gasteiger partial charge in [0.25, 0.3) is 0 Å². The summed E-state index contributed by atoms with van der Waals surface area (Å²) in [5, 5.41) is 8.62. The van der Waals surface area contributed by atoms with Crippen LogP contribution in [0.3, 0.4) is 0 Å². The van der Waals surface area contributed by atoms with Crippen LogP contribution in [-0.4, -0.2) is 66.3 Å². The number of carboxylic acids is 1. The van der Waals surface area contributed by atoms with Gasteiger partial charge in [-0.15, -0.1) is 0 Å². The Morgan fingerprint density at radius 1 is 1.50 bits per heavy atom. The zero-order valence-electron chi connectivity index (χ0n) is 10.6. The van der Waals surface area contributed by atoms with Gasteiger partial charge in [-0.3, -0.25) is 9.69 Å². The van der Waals surface area contributed by atoms with E-state index in [2.05, 4.69) is 0 Å². The topological polar surface area (TPSA) is 43.8 Å². The molecule has 0 saturated carbocycles. The predicted molar refractivity (Wildman–Crippen MR) is 60.4 cm³/mol. The molecule has 1 fully saturated rings. The number of nitrogens with zero attached hydrogens (tertiary/aromatic N) is 2. The van der Waals surface area contributed by atoms with Crippen molar-refractivity contribution in [3.63, 3.8) is 0 Å². The van der Waals surface area contributed by atoms with Crippen LogP contribution in [-0.2, 0) is 4.79 Å². The first-order valence-electron chi connectivity index (χ1n) is 5.90. The van der Waals surface area contributed by atoms with E-state index in [1.807, 2.05) is 19.0 Å². The average molecular weight is 268 g/mol. The van der Waals surface area contributed by atoms with Crippen LogP contribution in [0.5, 0.6) is 0 Å². The molecule has 0 aromatic rings. The van der Waals surface area contributed by atoms with Gasteiger partial charge >= 0.3 is 12.1 Å². The smallest absolute Gasteiger partial charge is 0.404 e. The number of carboxylic acid groups (broad SMARTS) is 1. The minimum atomic E-state index is -4.49. The fourth-order valence-electron chi connectivity index (χ4n) is 2.31. The van der Waals surface area contributed by atoms with Crippen LogP contribution in [0, 0.1) is 0 Å². The average Bonchev–Trinajstić information content (AvgIpc) is 2.24. The molecule has 1 aliphatic heterocycles. The van der Waals surface area contributed by atoms with Gasteiger partial charge in [0.2, 0.25) is 0 Å². The van der Waals surface area contributed by atoms with E-state index in [0.29, 0.717) is 13.0 Å². The van der Waals surface area contributed by atoms with Gasteiger partial charge in [0.1, 0.15) is 6.04 Å². The summed E-state index contributed by atoms with van der Waals surface area (Å²) < 4.78 is 38.6. The first kappa shape index (κ1) is 15.2. The van der Waals surface area contributed by atoms with Gasteiger partial charge in [-0.05, 0) is 33.5 Å². The Kier molecular flexibility index (Phi) is 4.98. The lowest BCUT2D eigenvalue weighted by Crippen LogP contribution is -2.54. The second-order valence-corrected chi connectivity index (χ2v) is 4.91. The van der Waals surface area contributed by atoms with Crippen LogP contribution in [0.1, 0.15) is 19.3 Å². The summed E-state index contributed by atoms with van der Waals surface area (Å²) in [7, 11) is 3.65. The van der Waals surface area contributed by atoms with Gasteiger partial charge < -0.3 is 10.0 Å². The summed E-state index contributed by atoms with van der Waals surface area (Å²) in [6.07, 6.45) is -3.87. The predicted octanol–water partition coefficient (Wildman–Crippen LogP) is 1.42. The van der Waals surface area contributed by atoms with Crippen LogP contribution in [0.4, 0.5) is 13.2 Å². The molecule has 1 rings (SSSR count). The molecule has 0 radical (unpaired) electrons. The molecule has 1 heterocycles. The number of likely N-dealkylation sites (N-methyl/N-ethyl adjacent to an activating group) is 1.